The number of allylic oxidation sites excluding steroid dienone is 1. The first-order valence-electron chi connectivity index (χ1n) is 7.37. The fraction of sp³-hybridized carbons (Fsp3) is 0.412. The summed E-state index contributed by atoms with van der Waals surface area (Å²) >= 11 is 0. The smallest absolute Gasteiger partial charge is 0.432 e. The molecule has 0 heterocycles. The van der Waals surface area contributed by atoms with Crippen molar-refractivity contribution >= 4 is 11.8 Å². The SMILES string of the molecule is CO[C@](C(=O)OC[C@@H]1C=CC(=O)CC1)(c1ccccc1)C(F)(F)F. The van der Waals surface area contributed by atoms with Crippen molar-refractivity contribution in [3.63, 3.8) is 0 Å². The lowest BCUT2D eigenvalue weighted by Gasteiger charge is -2.32. The van der Waals surface area contributed by atoms with Crippen molar-refractivity contribution in [3.05, 3.63) is 48.0 Å². The average Bonchev–Trinajstić information content (AvgIpc) is 2.55. The topological polar surface area (TPSA) is 52.6 Å². The maximum atomic E-state index is 13.6. The van der Waals surface area contributed by atoms with E-state index in [1.54, 1.807) is 6.08 Å². The molecule has 2 rings (SSSR count). The maximum Gasteiger partial charge on any atom is 0.432 e. The van der Waals surface area contributed by atoms with Crippen LogP contribution in [0.2, 0.25) is 0 Å². The summed E-state index contributed by atoms with van der Waals surface area (Å²) in [5.74, 6) is -1.86. The zero-order chi connectivity index (χ0) is 17.8. The fourth-order valence-electron chi connectivity index (χ4n) is 2.56. The van der Waals surface area contributed by atoms with E-state index in [-0.39, 0.29) is 30.3 Å². The van der Waals surface area contributed by atoms with Crippen LogP contribution in [0.4, 0.5) is 13.2 Å². The molecule has 0 spiro atoms. The molecule has 24 heavy (non-hydrogen) atoms. The monoisotopic (exact) mass is 342 g/mol. The summed E-state index contributed by atoms with van der Waals surface area (Å²) in [4.78, 5) is 23.4. The standard InChI is InChI=1S/C17H17F3O4/c1-23-16(17(18,19)20,13-5-3-2-4-6-13)15(22)24-11-12-7-9-14(21)10-8-12/h2-7,9,12H,8,10-11H2,1H3/t12-,16+/m1/s1. The Morgan fingerprint density at radius 3 is 2.42 bits per heavy atom. The van der Waals surface area contributed by atoms with E-state index in [1.807, 2.05) is 0 Å². The van der Waals surface area contributed by atoms with Crippen LogP contribution in [0.5, 0.6) is 0 Å². The number of rotatable bonds is 5. The van der Waals surface area contributed by atoms with Crippen molar-refractivity contribution in [1.82, 2.24) is 0 Å². The van der Waals surface area contributed by atoms with E-state index in [0.717, 1.165) is 19.2 Å². The molecule has 0 radical (unpaired) electrons. The molecule has 0 unspecified atom stereocenters. The molecule has 0 N–H and O–H groups in total. The number of hydrogen-bond donors (Lipinski definition) is 0. The highest BCUT2D eigenvalue weighted by Gasteiger charge is 2.64. The number of carbonyl (C=O) groups is 2. The van der Waals surface area contributed by atoms with Gasteiger partial charge >= 0.3 is 12.1 Å². The van der Waals surface area contributed by atoms with Crippen LogP contribution < -0.4 is 0 Å². The molecule has 1 aliphatic rings. The van der Waals surface area contributed by atoms with Crippen LogP contribution in [0.3, 0.4) is 0 Å². The minimum Gasteiger partial charge on any atom is -0.462 e. The number of carbonyl (C=O) groups excluding carboxylic acids is 2. The van der Waals surface area contributed by atoms with Gasteiger partial charge in [0.25, 0.3) is 5.60 Å². The summed E-state index contributed by atoms with van der Waals surface area (Å²) in [5, 5.41) is 0. The number of esters is 1. The predicted octanol–water partition coefficient (Wildman–Crippen LogP) is 3.17. The molecule has 2 atom stereocenters. The van der Waals surface area contributed by atoms with Crippen LogP contribution in [-0.2, 0) is 24.7 Å². The molecule has 0 amide bonds. The number of methoxy groups -OCH3 is 1. The van der Waals surface area contributed by atoms with Crippen LogP contribution in [-0.4, -0.2) is 31.6 Å². The Morgan fingerprint density at radius 2 is 1.92 bits per heavy atom. The van der Waals surface area contributed by atoms with Crippen LogP contribution >= 0.6 is 0 Å². The Bertz CT molecular complexity index is 624. The van der Waals surface area contributed by atoms with Crippen molar-refractivity contribution in [3.8, 4) is 0 Å². The second-order valence-corrected chi connectivity index (χ2v) is 5.47. The van der Waals surface area contributed by atoms with Crippen LogP contribution in [0.25, 0.3) is 0 Å². The summed E-state index contributed by atoms with van der Waals surface area (Å²) < 4.78 is 50.5. The Morgan fingerprint density at radius 1 is 1.25 bits per heavy atom. The number of ketones is 1. The molecule has 0 aromatic heterocycles. The molecule has 7 heteroatoms. The van der Waals surface area contributed by atoms with E-state index in [0.29, 0.717) is 6.42 Å². The maximum absolute atomic E-state index is 13.6. The third-order valence-corrected chi connectivity index (χ3v) is 3.92. The van der Waals surface area contributed by atoms with Gasteiger partial charge in [-0.1, -0.05) is 36.4 Å². The summed E-state index contributed by atoms with van der Waals surface area (Å²) in [6.45, 7) is -0.239. The zero-order valence-corrected chi connectivity index (χ0v) is 13.0. The highest BCUT2D eigenvalue weighted by molar-refractivity contribution is 5.90. The van der Waals surface area contributed by atoms with Crippen LogP contribution in [0, 0.1) is 5.92 Å². The summed E-state index contributed by atoms with van der Waals surface area (Å²) in [5.41, 5.74) is -3.53. The Hall–Kier alpha value is -2.15. The molecule has 4 nitrogen and oxygen atoms in total. The third kappa shape index (κ3) is 3.51. The first kappa shape index (κ1) is 18.2. The first-order valence-corrected chi connectivity index (χ1v) is 7.37. The van der Waals surface area contributed by atoms with E-state index >= 15 is 0 Å². The molecule has 0 saturated carbocycles. The van der Waals surface area contributed by atoms with Gasteiger partial charge in [-0.15, -0.1) is 0 Å². The largest absolute Gasteiger partial charge is 0.462 e. The number of alkyl halides is 3. The summed E-state index contributed by atoms with van der Waals surface area (Å²) in [6.07, 6.45) is -1.37. The van der Waals surface area contributed by atoms with Crippen LogP contribution in [0.15, 0.2) is 42.5 Å². The molecule has 0 bridgehead atoms. The second kappa shape index (κ2) is 7.17. The minimum atomic E-state index is -4.99. The van der Waals surface area contributed by atoms with Gasteiger partial charge in [-0.2, -0.15) is 13.2 Å². The van der Waals surface area contributed by atoms with Gasteiger partial charge in [-0.25, -0.2) is 4.79 Å². The third-order valence-electron chi connectivity index (χ3n) is 3.92. The zero-order valence-electron chi connectivity index (χ0n) is 13.0. The van der Waals surface area contributed by atoms with Crippen molar-refractivity contribution in [1.29, 1.82) is 0 Å². The summed E-state index contributed by atoms with van der Waals surface area (Å²) in [6, 6.07) is 6.64. The molecule has 1 aliphatic carbocycles. The van der Waals surface area contributed by atoms with Gasteiger partial charge < -0.3 is 9.47 Å². The molecular formula is C17H17F3O4. The molecule has 1 aromatic carbocycles. The van der Waals surface area contributed by atoms with Gasteiger partial charge in [-0.3, -0.25) is 4.79 Å². The van der Waals surface area contributed by atoms with Crippen LogP contribution in [0.1, 0.15) is 18.4 Å². The number of halogens is 3. The van der Waals surface area contributed by atoms with Gasteiger partial charge in [0, 0.05) is 25.0 Å². The van der Waals surface area contributed by atoms with E-state index in [4.69, 9.17) is 4.74 Å². The van der Waals surface area contributed by atoms with E-state index < -0.39 is 17.7 Å². The van der Waals surface area contributed by atoms with Gasteiger partial charge in [0.05, 0.1) is 6.61 Å². The molecule has 0 aliphatic heterocycles. The lowest BCUT2D eigenvalue weighted by Crippen LogP contribution is -2.52. The highest BCUT2D eigenvalue weighted by atomic mass is 19.4. The minimum absolute atomic E-state index is 0.0524. The molecule has 0 saturated heterocycles. The van der Waals surface area contributed by atoms with Crippen molar-refractivity contribution in [2.45, 2.75) is 24.6 Å². The van der Waals surface area contributed by atoms with Crippen molar-refractivity contribution in [2.75, 3.05) is 13.7 Å². The van der Waals surface area contributed by atoms with Gasteiger partial charge in [0.1, 0.15) is 0 Å². The predicted molar refractivity (Wildman–Crippen MR) is 79.0 cm³/mol. The molecule has 130 valence electrons. The lowest BCUT2D eigenvalue weighted by atomic mass is 9.92. The highest BCUT2D eigenvalue weighted by Crippen LogP contribution is 2.43. The molecular weight excluding hydrogens is 325 g/mol. The fourth-order valence-corrected chi connectivity index (χ4v) is 2.56. The summed E-state index contributed by atoms with van der Waals surface area (Å²) in [7, 11) is 0.820. The second-order valence-electron chi connectivity index (χ2n) is 5.47. The van der Waals surface area contributed by atoms with Crippen molar-refractivity contribution < 1.29 is 32.2 Å². The number of benzene rings is 1. The van der Waals surface area contributed by atoms with E-state index in [1.165, 1.54) is 24.3 Å². The Kier molecular flexibility index (Phi) is 5.43. The molecule has 1 aromatic rings. The lowest BCUT2D eigenvalue weighted by molar-refractivity contribution is -0.276. The van der Waals surface area contributed by atoms with Gasteiger partial charge in [0.15, 0.2) is 5.78 Å². The number of ether oxygens (including phenoxy) is 2. The van der Waals surface area contributed by atoms with Gasteiger partial charge in [-0.05, 0) is 12.5 Å². The Balaban J connectivity index is 2.23. The number of hydrogen-bond acceptors (Lipinski definition) is 4. The molecule has 0 fully saturated rings. The van der Waals surface area contributed by atoms with Crippen molar-refractivity contribution in [2.24, 2.45) is 5.92 Å². The van der Waals surface area contributed by atoms with Gasteiger partial charge in [0.2, 0.25) is 0 Å². The normalized spacial score (nSPS) is 20.5. The quantitative estimate of drug-likeness (QED) is 0.772. The Labute approximate surface area is 137 Å². The van der Waals surface area contributed by atoms with E-state index in [9.17, 15) is 22.8 Å². The average molecular weight is 342 g/mol. The van der Waals surface area contributed by atoms with E-state index in [2.05, 4.69) is 4.74 Å². The first-order chi connectivity index (χ1) is 11.3.